The van der Waals surface area contributed by atoms with Gasteiger partial charge in [-0.1, -0.05) is 24.3 Å². The number of ether oxygens (including phenoxy) is 1. The Morgan fingerprint density at radius 2 is 1.91 bits per heavy atom. The van der Waals surface area contributed by atoms with Crippen LogP contribution in [0.4, 0.5) is 0 Å². The van der Waals surface area contributed by atoms with Crippen LogP contribution in [0.5, 0.6) is 5.75 Å². The molecule has 4 rings (SSSR count). The number of hydrogen-bond acceptors (Lipinski definition) is 5. The van der Waals surface area contributed by atoms with Gasteiger partial charge in [0.2, 0.25) is 0 Å². The molecule has 0 amide bonds. The third-order valence-electron chi connectivity index (χ3n) is 5.21. The van der Waals surface area contributed by atoms with Gasteiger partial charge in [-0.05, 0) is 55.3 Å². The van der Waals surface area contributed by atoms with Crippen LogP contribution in [0.15, 0.2) is 67.0 Å². The van der Waals surface area contributed by atoms with Crippen molar-refractivity contribution in [1.29, 1.82) is 5.26 Å². The molecule has 0 spiro atoms. The molecule has 0 aliphatic rings. The lowest BCUT2D eigenvalue weighted by Gasteiger charge is -2.09. The molecule has 2 aromatic heterocycles. The standard InChI is InChI=1S/C26H22N4O2/c1-17-12-20(14-21(13-17)32-3)26-24(16-30(29-26)11-9-27)19-8-10-28-25(15-19)23-7-5-4-6-22(23)18(2)31/h4-8,10,12-16H,11H2,1-3H3. The molecule has 2 aromatic carbocycles. The first-order valence-electron chi connectivity index (χ1n) is 10.2. The van der Waals surface area contributed by atoms with Crippen LogP contribution >= 0.6 is 0 Å². The first kappa shape index (κ1) is 21.0. The van der Waals surface area contributed by atoms with E-state index in [-0.39, 0.29) is 12.3 Å². The molecule has 0 radical (unpaired) electrons. The van der Waals surface area contributed by atoms with Gasteiger partial charge in [-0.3, -0.25) is 14.5 Å². The predicted molar refractivity (Wildman–Crippen MR) is 123 cm³/mol. The Morgan fingerprint density at radius 1 is 1.09 bits per heavy atom. The summed E-state index contributed by atoms with van der Waals surface area (Å²) in [4.78, 5) is 16.6. The number of aryl methyl sites for hydroxylation is 1. The Labute approximate surface area is 186 Å². The van der Waals surface area contributed by atoms with E-state index in [1.54, 1.807) is 31.0 Å². The molecular weight excluding hydrogens is 400 g/mol. The summed E-state index contributed by atoms with van der Waals surface area (Å²) >= 11 is 0. The zero-order chi connectivity index (χ0) is 22.7. The van der Waals surface area contributed by atoms with Crippen LogP contribution in [0.1, 0.15) is 22.8 Å². The minimum Gasteiger partial charge on any atom is -0.497 e. The van der Waals surface area contributed by atoms with Gasteiger partial charge in [0.1, 0.15) is 18.0 Å². The zero-order valence-corrected chi connectivity index (χ0v) is 18.2. The Hall–Kier alpha value is -4.24. The minimum atomic E-state index is -0.0119. The maximum atomic E-state index is 12.1. The molecule has 0 bridgehead atoms. The number of hydrogen-bond donors (Lipinski definition) is 0. The number of nitrogens with zero attached hydrogens (tertiary/aromatic N) is 4. The van der Waals surface area contributed by atoms with E-state index in [1.165, 1.54) is 0 Å². The molecule has 0 aliphatic carbocycles. The van der Waals surface area contributed by atoms with E-state index in [1.807, 2.05) is 61.7 Å². The average Bonchev–Trinajstić information content (AvgIpc) is 3.23. The molecule has 6 nitrogen and oxygen atoms in total. The Bertz CT molecular complexity index is 1350. The Kier molecular flexibility index (Phi) is 5.82. The lowest BCUT2D eigenvalue weighted by Crippen LogP contribution is -1.97. The molecule has 0 aliphatic heterocycles. The summed E-state index contributed by atoms with van der Waals surface area (Å²) < 4.78 is 7.07. The second-order valence-electron chi connectivity index (χ2n) is 7.52. The van der Waals surface area contributed by atoms with E-state index in [2.05, 4.69) is 16.2 Å². The molecule has 32 heavy (non-hydrogen) atoms. The summed E-state index contributed by atoms with van der Waals surface area (Å²) in [6.45, 7) is 3.69. The number of Topliss-reactive ketones (excluding diaryl/α,β-unsaturated/α-hetero) is 1. The first-order valence-corrected chi connectivity index (χ1v) is 10.2. The number of carbonyl (C=O) groups is 1. The van der Waals surface area contributed by atoms with Crippen molar-refractivity contribution in [3.05, 3.63) is 78.1 Å². The normalized spacial score (nSPS) is 10.6. The van der Waals surface area contributed by atoms with Crippen LogP contribution in [0.2, 0.25) is 0 Å². The van der Waals surface area contributed by atoms with Crippen LogP contribution in [0.25, 0.3) is 33.6 Å². The third-order valence-corrected chi connectivity index (χ3v) is 5.21. The average molecular weight is 422 g/mol. The Morgan fingerprint density at radius 3 is 2.66 bits per heavy atom. The SMILES string of the molecule is COc1cc(C)cc(-c2nn(CC#N)cc2-c2ccnc(-c3ccccc3C(C)=O)c2)c1. The van der Waals surface area contributed by atoms with Crippen LogP contribution in [-0.2, 0) is 6.54 Å². The molecule has 6 heteroatoms. The van der Waals surface area contributed by atoms with Crippen molar-refractivity contribution in [3.63, 3.8) is 0 Å². The zero-order valence-electron chi connectivity index (χ0n) is 18.2. The number of rotatable bonds is 6. The number of pyridine rings is 1. The molecule has 0 saturated heterocycles. The third kappa shape index (κ3) is 4.14. The van der Waals surface area contributed by atoms with Gasteiger partial charge in [-0.2, -0.15) is 10.4 Å². The molecule has 2 heterocycles. The van der Waals surface area contributed by atoms with Gasteiger partial charge in [0.05, 0.1) is 18.9 Å². The van der Waals surface area contributed by atoms with E-state index >= 15 is 0 Å². The van der Waals surface area contributed by atoms with Gasteiger partial charge in [0, 0.05) is 34.6 Å². The van der Waals surface area contributed by atoms with Crippen molar-refractivity contribution in [2.45, 2.75) is 20.4 Å². The number of carbonyl (C=O) groups excluding carboxylic acids is 1. The maximum Gasteiger partial charge on any atom is 0.160 e. The van der Waals surface area contributed by atoms with Crippen molar-refractivity contribution in [2.24, 2.45) is 0 Å². The fourth-order valence-corrected chi connectivity index (χ4v) is 3.76. The lowest BCUT2D eigenvalue weighted by molar-refractivity contribution is 0.101. The van der Waals surface area contributed by atoms with E-state index < -0.39 is 0 Å². The van der Waals surface area contributed by atoms with Crippen LogP contribution in [0, 0.1) is 18.3 Å². The highest BCUT2D eigenvalue weighted by Crippen LogP contribution is 2.35. The molecule has 0 N–H and O–H groups in total. The van der Waals surface area contributed by atoms with Gasteiger partial charge in [-0.15, -0.1) is 0 Å². The monoisotopic (exact) mass is 422 g/mol. The van der Waals surface area contributed by atoms with Crippen LogP contribution in [-0.4, -0.2) is 27.7 Å². The first-order chi connectivity index (χ1) is 15.5. The van der Waals surface area contributed by atoms with Gasteiger partial charge >= 0.3 is 0 Å². The van der Waals surface area contributed by atoms with Gasteiger partial charge in [0.25, 0.3) is 0 Å². The highest BCUT2D eigenvalue weighted by atomic mass is 16.5. The maximum absolute atomic E-state index is 12.1. The second-order valence-corrected chi connectivity index (χ2v) is 7.52. The van der Waals surface area contributed by atoms with E-state index in [0.29, 0.717) is 11.3 Å². The number of methoxy groups -OCH3 is 1. The smallest absolute Gasteiger partial charge is 0.160 e. The highest BCUT2D eigenvalue weighted by molar-refractivity contribution is 6.00. The fraction of sp³-hybridized carbons (Fsp3) is 0.154. The van der Waals surface area contributed by atoms with Crippen molar-refractivity contribution < 1.29 is 9.53 Å². The largest absolute Gasteiger partial charge is 0.497 e. The predicted octanol–water partition coefficient (Wildman–Crippen LogP) is 5.32. The van der Waals surface area contributed by atoms with E-state index in [9.17, 15) is 10.1 Å². The summed E-state index contributed by atoms with van der Waals surface area (Å²) in [6, 6.07) is 19.4. The molecule has 0 unspecified atom stereocenters. The van der Waals surface area contributed by atoms with Gasteiger partial charge in [-0.25, -0.2) is 0 Å². The summed E-state index contributed by atoms with van der Waals surface area (Å²) in [7, 11) is 1.63. The Balaban J connectivity index is 1.88. The van der Waals surface area contributed by atoms with E-state index in [4.69, 9.17) is 4.74 Å². The molecular formula is C26H22N4O2. The summed E-state index contributed by atoms with van der Waals surface area (Å²) in [6.07, 6.45) is 3.59. The van der Waals surface area contributed by atoms with E-state index in [0.717, 1.165) is 39.3 Å². The van der Waals surface area contributed by atoms with Crippen molar-refractivity contribution in [1.82, 2.24) is 14.8 Å². The number of ketones is 1. The number of benzene rings is 2. The van der Waals surface area contributed by atoms with Crippen molar-refractivity contribution in [3.8, 4) is 45.5 Å². The van der Waals surface area contributed by atoms with Crippen molar-refractivity contribution >= 4 is 5.78 Å². The summed E-state index contributed by atoms with van der Waals surface area (Å²) in [5.41, 5.74) is 6.58. The fourth-order valence-electron chi connectivity index (χ4n) is 3.76. The van der Waals surface area contributed by atoms with Gasteiger partial charge in [0.15, 0.2) is 5.78 Å². The lowest BCUT2D eigenvalue weighted by atomic mass is 9.97. The molecule has 158 valence electrons. The molecule has 0 atom stereocenters. The van der Waals surface area contributed by atoms with Crippen molar-refractivity contribution in [2.75, 3.05) is 7.11 Å². The molecule has 4 aromatic rings. The molecule has 0 saturated carbocycles. The van der Waals surface area contributed by atoms with Crippen LogP contribution < -0.4 is 4.74 Å². The van der Waals surface area contributed by atoms with Gasteiger partial charge < -0.3 is 4.74 Å². The summed E-state index contributed by atoms with van der Waals surface area (Å²) in [5, 5.41) is 13.9. The summed E-state index contributed by atoms with van der Waals surface area (Å²) in [5.74, 6) is 0.730. The van der Waals surface area contributed by atoms with Crippen LogP contribution in [0.3, 0.4) is 0 Å². The highest BCUT2D eigenvalue weighted by Gasteiger charge is 2.17. The second kappa shape index (κ2) is 8.86. The minimum absolute atomic E-state index is 0.0119. The number of nitriles is 1. The topological polar surface area (TPSA) is 80.8 Å². The quantitative estimate of drug-likeness (QED) is 0.393. The number of aromatic nitrogens is 3. The molecule has 0 fully saturated rings.